The predicted octanol–water partition coefficient (Wildman–Crippen LogP) is 4.29. The summed E-state index contributed by atoms with van der Waals surface area (Å²) in [5.74, 6) is -1.66. The molecule has 0 radical (unpaired) electrons. The summed E-state index contributed by atoms with van der Waals surface area (Å²) in [4.78, 5) is 0. The van der Waals surface area contributed by atoms with E-state index in [4.69, 9.17) is 0 Å². The van der Waals surface area contributed by atoms with Crippen LogP contribution in [0.15, 0.2) is 30.3 Å². The fourth-order valence-electron chi connectivity index (χ4n) is 2.75. The van der Waals surface area contributed by atoms with Crippen LogP contribution in [0.1, 0.15) is 22.4 Å². The van der Waals surface area contributed by atoms with Crippen molar-refractivity contribution in [2.75, 3.05) is 0 Å². The fourth-order valence-corrected chi connectivity index (χ4v) is 2.75. The molecule has 0 aliphatic carbocycles. The molecule has 0 spiro atoms. The molecule has 1 aromatic heterocycles. The second-order valence-corrected chi connectivity index (χ2v) is 5.37. The molecular formula is C17H16F2N2. The van der Waals surface area contributed by atoms with Gasteiger partial charge in [0.15, 0.2) is 11.6 Å². The fraction of sp³-hybridized carbons (Fsp3) is 0.235. The minimum Gasteiger partial charge on any atom is -0.260 e. The van der Waals surface area contributed by atoms with Gasteiger partial charge in [-0.3, -0.25) is 4.68 Å². The van der Waals surface area contributed by atoms with Gasteiger partial charge in [-0.15, -0.1) is 0 Å². The van der Waals surface area contributed by atoms with Gasteiger partial charge in [0.1, 0.15) is 0 Å². The summed E-state index contributed by atoms with van der Waals surface area (Å²) in [6.45, 7) is 6.34. The van der Waals surface area contributed by atoms with Gasteiger partial charge in [0, 0.05) is 0 Å². The highest BCUT2D eigenvalue weighted by atomic mass is 19.2. The summed E-state index contributed by atoms with van der Waals surface area (Å²) in [5, 5.41) is 4.64. The molecular weight excluding hydrogens is 270 g/mol. The van der Waals surface area contributed by atoms with Crippen LogP contribution in [-0.4, -0.2) is 9.78 Å². The van der Waals surface area contributed by atoms with E-state index in [0.717, 1.165) is 11.6 Å². The summed E-state index contributed by atoms with van der Waals surface area (Å²) in [6.07, 6.45) is 0. The highest BCUT2D eigenvalue weighted by Crippen LogP contribution is 2.25. The van der Waals surface area contributed by atoms with E-state index in [0.29, 0.717) is 17.8 Å². The molecule has 0 unspecified atom stereocenters. The number of benzene rings is 2. The van der Waals surface area contributed by atoms with E-state index in [1.54, 1.807) is 17.7 Å². The second kappa shape index (κ2) is 4.95. The quantitative estimate of drug-likeness (QED) is 0.687. The minimum absolute atomic E-state index is 0.265. The molecule has 0 saturated carbocycles. The first-order valence-corrected chi connectivity index (χ1v) is 6.85. The van der Waals surface area contributed by atoms with Crippen LogP contribution in [0.4, 0.5) is 8.78 Å². The summed E-state index contributed by atoms with van der Waals surface area (Å²) in [7, 11) is 0. The van der Waals surface area contributed by atoms with Gasteiger partial charge in [0.05, 0.1) is 23.1 Å². The Morgan fingerprint density at radius 3 is 2.33 bits per heavy atom. The largest absolute Gasteiger partial charge is 0.260 e. The van der Waals surface area contributed by atoms with Gasteiger partial charge in [-0.2, -0.15) is 5.10 Å². The van der Waals surface area contributed by atoms with Crippen molar-refractivity contribution in [3.8, 4) is 0 Å². The molecule has 21 heavy (non-hydrogen) atoms. The number of hydrogen-bond acceptors (Lipinski definition) is 1. The number of hydrogen-bond donors (Lipinski definition) is 0. The maximum absolute atomic E-state index is 13.9. The number of rotatable bonds is 2. The lowest BCUT2D eigenvalue weighted by atomic mass is 10.0. The van der Waals surface area contributed by atoms with Crippen molar-refractivity contribution < 1.29 is 8.78 Å². The molecule has 108 valence electrons. The molecule has 0 aliphatic heterocycles. The van der Waals surface area contributed by atoms with Crippen LogP contribution in [-0.2, 0) is 6.54 Å². The van der Waals surface area contributed by atoms with Gasteiger partial charge in [0.2, 0.25) is 0 Å². The van der Waals surface area contributed by atoms with Crippen LogP contribution < -0.4 is 0 Å². The zero-order chi connectivity index (χ0) is 15.1. The average molecular weight is 286 g/mol. The second-order valence-electron chi connectivity index (χ2n) is 5.37. The Bertz CT molecular complexity index is 814. The molecule has 0 amide bonds. The van der Waals surface area contributed by atoms with Gasteiger partial charge in [0.25, 0.3) is 0 Å². The van der Waals surface area contributed by atoms with Gasteiger partial charge in [-0.1, -0.05) is 18.2 Å². The standard InChI is InChI=1S/C17H16F2N2/c1-10-5-4-6-11(2)13(10)9-21-15-8-7-14(18)17(19)16(15)12(3)20-21/h4-8H,9H2,1-3H3. The molecule has 3 rings (SSSR count). The monoisotopic (exact) mass is 286 g/mol. The summed E-state index contributed by atoms with van der Waals surface area (Å²) in [6, 6.07) is 8.83. The van der Waals surface area contributed by atoms with Crippen LogP contribution in [0.2, 0.25) is 0 Å². The van der Waals surface area contributed by atoms with Crippen LogP contribution in [0, 0.1) is 32.4 Å². The topological polar surface area (TPSA) is 17.8 Å². The molecule has 0 N–H and O–H groups in total. The Labute approximate surface area is 122 Å². The van der Waals surface area contributed by atoms with E-state index in [1.807, 2.05) is 32.0 Å². The Hall–Kier alpha value is -2.23. The van der Waals surface area contributed by atoms with E-state index >= 15 is 0 Å². The Morgan fingerprint density at radius 2 is 1.67 bits per heavy atom. The van der Waals surface area contributed by atoms with Gasteiger partial charge >= 0.3 is 0 Å². The number of nitrogens with zero attached hydrogens (tertiary/aromatic N) is 2. The highest BCUT2D eigenvalue weighted by Gasteiger charge is 2.16. The predicted molar refractivity (Wildman–Crippen MR) is 79.4 cm³/mol. The number of aromatic nitrogens is 2. The lowest BCUT2D eigenvalue weighted by Crippen LogP contribution is -2.05. The molecule has 2 nitrogen and oxygen atoms in total. The van der Waals surface area contributed by atoms with Crippen LogP contribution >= 0.6 is 0 Å². The third kappa shape index (κ3) is 2.20. The van der Waals surface area contributed by atoms with Gasteiger partial charge in [-0.05, 0) is 49.6 Å². The molecule has 0 aliphatic rings. The number of fused-ring (bicyclic) bond motifs is 1. The highest BCUT2D eigenvalue weighted by molar-refractivity contribution is 5.82. The molecule has 2 aromatic carbocycles. The van der Waals surface area contributed by atoms with E-state index in [1.165, 1.54) is 11.1 Å². The third-order valence-corrected chi connectivity index (χ3v) is 3.94. The first-order valence-electron chi connectivity index (χ1n) is 6.85. The van der Waals surface area contributed by atoms with Gasteiger partial charge < -0.3 is 0 Å². The Morgan fingerprint density at radius 1 is 1.00 bits per heavy atom. The minimum atomic E-state index is -0.836. The Kier molecular flexibility index (Phi) is 3.24. The van der Waals surface area contributed by atoms with Crippen LogP contribution in [0.3, 0.4) is 0 Å². The SMILES string of the molecule is Cc1cccc(C)c1Cn1nc(C)c2c(F)c(F)ccc21. The van der Waals surface area contributed by atoms with Crippen molar-refractivity contribution in [1.82, 2.24) is 9.78 Å². The van der Waals surface area contributed by atoms with E-state index in [9.17, 15) is 8.78 Å². The molecule has 0 atom stereocenters. The van der Waals surface area contributed by atoms with Crippen LogP contribution in [0.25, 0.3) is 10.9 Å². The molecule has 0 fully saturated rings. The normalized spacial score (nSPS) is 11.3. The molecule has 0 bridgehead atoms. The van der Waals surface area contributed by atoms with Crippen LogP contribution in [0.5, 0.6) is 0 Å². The van der Waals surface area contributed by atoms with E-state index in [2.05, 4.69) is 5.10 Å². The maximum Gasteiger partial charge on any atom is 0.170 e. The van der Waals surface area contributed by atoms with Crippen molar-refractivity contribution in [3.05, 3.63) is 64.4 Å². The first kappa shape index (κ1) is 13.7. The first-order chi connectivity index (χ1) is 9.99. The molecule has 0 saturated heterocycles. The molecule has 1 heterocycles. The van der Waals surface area contributed by atoms with Crippen molar-refractivity contribution in [1.29, 1.82) is 0 Å². The summed E-state index contributed by atoms with van der Waals surface area (Å²) in [5.41, 5.74) is 4.62. The molecule has 4 heteroatoms. The van der Waals surface area contributed by atoms with Gasteiger partial charge in [-0.25, -0.2) is 8.78 Å². The van der Waals surface area contributed by atoms with Crippen molar-refractivity contribution >= 4 is 10.9 Å². The van der Waals surface area contributed by atoms with Crippen molar-refractivity contribution in [3.63, 3.8) is 0 Å². The summed E-state index contributed by atoms with van der Waals surface area (Å²) < 4.78 is 29.1. The van der Waals surface area contributed by atoms with E-state index in [-0.39, 0.29) is 5.39 Å². The smallest absolute Gasteiger partial charge is 0.170 e. The van der Waals surface area contributed by atoms with Crippen molar-refractivity contribution in [2.24, 2.45) is 0 Å². The zero-order valence-corrected chi connectivity index (χ0v) is 12.2. The van der Waals surface area contributed by atoms with Crippen molar-refractivity contribution in [2.45, 2.75) is 27.3 Å². The lowest BCUT2D eigenvalue weighted by molar-refractivity contribution is 0.516. The number of halogens is 2. The summed E-state index contributed by atoms with van der Waals surface area (Å²) >= 11 is 0. The lowest BCUT2D eigenvalue weighted by Gasteiger charge is -2.10. The molecule has 3 aromatic rings. The average Bonchev–Trinajstić information content (AvgIpc) is 2.75. The van der Waals surface area contributed by atoms with E-state index < -0.39 is 11.6 Å². The Balaban J connectivity index is 2.17. The zero-order valence-electron chi connectivity index (χ0n) is 12.2. The third-order valence-electron chi connectivity index (χ3n) is 3.94. The number of aryl methyl sites for hydroxylation is 3. The maximum atomic E-state index is 13.9.